The van der Waals surface area contributed by atoms with E-state index < -0.39 is 6.03 Å². The number of amides is 3. The largest absolute Gasteiger partial charge is 0.466 e. The molecule has 160 valence electrons. The second kappa shape index (κ2) is 10.4. The number of urea groups is 1. The van der Waals surface area contributed by atoms with Crippen molar-refractivity contribution in [2.24, 2.45) is 5.92 Å². The van der Waals surface area contributed by atoms with Gasteiger partial charge >= 0.3 is 12.0 Å². The van der Waals surface area contributed by atoms with Crippen molar-refractivity contribution >= 4 is 51.7 Å². The normalized spacial score (nSPS) is 16.1. The number of carbonyl (C=O) groups is 3. The van der Waals surface area contributed by atoms with Crippen molar-refractivity contribution in [2.75, 3.05) is 30.3 Å². The number of carbonyl (C=O) groups excluding carboxylic acids is 3. The van der Waals surface area contributed by atoms with Gasteiger partial charge in [-0.2, -0.15) is 0 Å². The maximum atomic E-state index is 12.6. The molecule has 1 fully saturated rings. The van der Waals surface area contributed by atoms with E-state index in [4.69, 9.17) is 16.3 Å². The van der Waals surface area contributed by atoms with Gasteiger partial charge in [0.2, 0.25) is 5.91 Å². The molecule has 2 aromatic rings. The van der Waals surface area contributed by atoms with Crippen LogP contribution in [0.3, 0.4) is 0 Å². The Hall–Kier alpha value is -2.65. The Labute approximate surface area is 183 Å². The minimum Gasteiger partial charge on any atom is -0.466 e. The van der Waals surface area contributed by atoms with Crippen molar-refractivity contribution in [3.8, 4) is 0 Å². The van der Waals surface area contributed by atoms with Gasteiger partial charge in [0.25, 0.3) is 0 Å². The molecule has 10 heteroatoms. The van der Waals surface area contributed by atoms with Gasteiger partial charge in [0.15, 0.2) is 5.13 Å². The fourth-order valence-corrected chi connectivity index (χ4v) is 3.99. The number of hydrogen-bond acceptors (Lipinski definition) is 6. The number of thiazole rings is 1. The molecule has 30 heavy (non-hydrogen) atoms. The van der Waals surface area contributed by atoms with E-state index >= 15 is 0 Å². The lowest BCUT2D eigenvalue weighted by Crippen LogP contribution is -2.43. The van der Waals surface area contributed by atoms with Crippen LogP contribution in [0.2, 0.25) is 5.02 Å². The van der Waals surface area contributed by atoms with Crippen molar-refractivity contribution in [3.05, 3.63) is 40.4 Å². The van der Waals surface area contributed by atoms with Crippen LogP contribution in [0.1, 0.15) is 25.5 Å². The Morgan fingerprint density at radius 1 is 1.27 bits per heavy atom. The molecule has 0 aliphatic carbocycles. The molecule has 1 aromatic heterocycles. The molecule has 2 heterocycles. The van der Waals surface area contributed by atoms with Crippen LogP contribution < -0.4 is 10.6 Å². The Morgan fingerprint density at radius 3 is 2.77 bits per heavy atom. The zero-order valence-corrected chi connectivity index (χ0v) is 18.1. The molecule has 1 aliphatic heterocycles. The van der Waals surface area contributed by atoms with Crippen LogP contribution in [0.4, 0.5) is 15.6 Å². The van der Waals surface area contributed by atoms with Crippen molar-refractivity contribution in [2.45, 2.75) is 26.2 Å². The summed E-state index contributed by atoms with van der Waals surface area (Å²) < 4.78 is 5.08. The van der Waals surface area contributed by atoms with Crippen LogP contribution in [0.25, 0.3) is 0 Å². The van der Waals surface area contributed by atoms with E-state index in [0.717, 1.165) is 12.8 Å². The van der Waals surface area contributed by atoms with Crippen LogP contribution >= 0.6 is 22.9 Å². The van der Waals surface area contributed by atoms with Gasteiger partial charge in [-0.25, -0.2) is 9.78 Å². The third kappa shape index (κ3) is 6.17. The summed E-state index contributed by atoms with van der Waals surface area (Å²) in [5.41, 5.74) is 1.18. The molecule has 3 rings (SSSR count). The van der Waals surface area contributed by atoms with E-state index in [1.807, 2.05) is 0 Å². The molecular weight excluding hydrogens is 428 g/mol. The summed E-state index contributed by atoms with van der Waals surface area (Å²) in [5.74, 6) is -0.611. The highest BCUT2D eigenvalue weighted by Gasteiger charge is 2.29. The first-order valence-corrected chi connectivity index (χ1v) is 10.9. The second-order valence-corrected chi connectivity index (χ2v) is 8.13. The summed E-state index contributed by atoms with van der Waals surface area (Å²) in [7, 11) is 0. The van der Waals surface area contributed by atoms with Gasteiger partial charge in [-0.1, -0.05) is 11.6 Å². The van der Waals surface area contributed by atoms with Crippen molar-refractivity contribution in [1.29, 1.82) is 0 Å². The van der Waals surface area contributed by atoms with Gasteiger partial charge in [-0.3, -0.25) is 14.9 Å². The average molecular weight is 451 g/mol. The van der Waals surface area contributed by atoms with E-state index in [9.17, 15) is 14.4 Å². The lowest BCUT2D eigenvalue weighted by Gasteiger charge is -2.31. The van der Waals surface area contributed by atoms with E-state index in [-0.39, 0.29) is 24.2 Å². The number of nitrogens with one attached hydrogen (secondary N) is 2. The smallest absolute Gasteiger partial charge is 0.325 e. The van der Waals surface area contributed by atoms with E-state index in [0.29, 0.717) is 41.2 Å². The highest BCUT2D eigenvalue weighted by Crippen LogP contribution is 2.21. The summed E-state index contributed by atoms with van der Waals surface area (Å²) >= 11 is 7.07. The molecule has 0 bridgehead atoms. The zero-order chi connectivity index (χ0) is 21.5. The summed E-state index contributed by atoms with van der Waals surface area (Å²) in [6, 6.07) is 6.30. The number of ether oxygens (including phenoxy) is 1. The molecule has 8 nitrogen and oxygen atoms in total. The fraction of sp³-hybridized carbons (Fsp3) is 0.400. The molecule has 1 atom stereocenters. The molecule has 0 unspecified atom stereocenters. The molecule has 1 saturated heterocycles. The molecule has 3 amide bonds. The van der Waals surface area contributed by atoms with Gasteiger partial charge < -0.3 is 15.0 Å². The summed E-state index contributed by atoms with van der Waals surface area (Å²) in [6.07, 6.45) is 1.62. The Bertz CT molecular complexity index is 902. The number of nitrogens with zero attached hydrogens (tertiary/aromatic N) is 2. The third-order valence-electron chi connectivity index (χ3n) is 4.60. The van der Waals surface area contributed by atoms with Gasteiger partial charge in [0.05, 0.1) is 24.6 Å². The lowest BCUT2D eigenvalue weighted by molar-refractivity contribution is -0.151. The first-order valence-electron chi connectivity index (χ1n) is 9.67. The topological polar surface area (TPSA) is 101 Å². The van der Waals surface area contributed by atoms with Crippen LogP contribution in [-0.2, 0) is 20.7 Å². The third-order valence-corrected chi connectivity index (χ3v) is 5.66. The molecule has 0 saturated carbocycles. The molecule has 0 spiro atoms. The SMILES string of the molecule is CCOC(=O)[C@@H]1CCCN(C(=O)Cc2csc(NC(=O)Nc3ccc(Cl)cc3)n2)C1. The number of likely N-dealkylation sites (tertiary alicyclic amines) is 1. The zero-order valence-electron chi connectivity index (χ0n) is 16.5. The monoisotopic (exact) mass is 450 g/mol. The maximum absolute atomic E-state index is 12.6. The number of anilines is 2. The van der Waals surface area contributed by atoms with E-state index in [1.165, 1.54) is 11.3 Å². The summed E-state index contributed by atoms with van der Waals surface area (Å²) in [4.78, 5) is 42.7. The number of halogens is 1. The average Bonchev–Trinajstić information content (AvgIpc) is 3.16. The first-order chi connectivity index (χ1) is 14.4. The number of aromatic nitrogens is 1. The van der Waals surface area contributed by atoms with Crippen LogP contribution in [0.15, 0.2) is 29.6 Å². The molecular formula is C20H23ClN4O4S. The van der Waals surface area contributed by atoms with Gasteiger partial charge in [-0.05, 0) is 44.0 Å². The Balaban J connectivity index is 1.50. The predicted molar refractivity (Wildman–Crippen MR) is 116 cm³/mol. The number of hydrogen-bond donors (Lipinski definition) is 2. The van der Waals surface area contributed by atoms with Crippen molar-refractivity contribution in [1.82, 2.24) is 9.88 Å². The highest BCUT2D eigenvalue weighted by molar-refractivity contribution is 7.14. The van der Waals surface area contributed by atoms with Crippen LogP contribution in [0.5, 0.6) is 0 Å². The quantitative estimate of drug-likeness (QED) is 0.652. The molecule has 0 radical (unpaired) electrons. The minimum absolute atomic E-state index is 0.0912. The Morgan fingerprint density at radius 2 is 2.03 bits per heavy atom. The van der Waals surface area contributed by atoms with Crippen molar-refractivity contribution < 1.29 is 19.1 Å². The fourth-order valence-electron chi connectivity index (χ4n) is 3.16. The summed E-state index contributed by atoms with van der Waals surface area (Å²) in [5, 5.41) is 8.05. The summed E-state index contributed by atoms with van der Waals surface area (Å²) in [6.45, 7) is 3.10. The highest BCUT2D eigenvalue weighted by atomic mass is 35.5. The van der Waals surface area contributed by atoms with E-state index in [1.54, 1.807) is 41.5 Å². The van der Waals surface area contributed by atoms with Gasteiger partial charge in [0.1, 0.15) is 0 Å². The van der Waals surface area contributed by atoms with Crippen LogP contribution in [-0.4, -0.2) is 47.5 Å². The number of esters is 1. The molecule has 1 aliphatic rings. The van der Waals surface area contributed by atoms with Crippen molar-refractivity contribution in [3.63, 3.8) is 0 Å². The number of rotatable bonds is 6. The van der Waals surface area contributed by atoms with E-state index in [2.05, 4.69) is 15.6 Å². The minimum atomic E-state index is -0.433. The maximum Gasteiger partial charge on any atom is 0.325 e. The van der Waals surface area contributed by atoms with Gasteiger partial charge in [-0.15, -0.1) is 11.3 Å². The first kappa shape index (κ1) is 22.0. The molecule has 1 aromatic carbocycles. The predicted octanol–water partition coefficient (Wildman–Crippen LogP) is 3.78. The lowest BCUT2D eigenvalue weighted by atomic mass is 9.98. The van der Waals surface area contributed by atoms with Gasteiger partial charge in [0, 0.05) is 29.2 Å². The van der Waals surface area contributed by atoms with Crippen LogP contribution in [0, 0.1) is 5.92 Å². The number of benzene rings is 1. The molecule has 2 N–H and O–H groups in total. The Kier molecular flexibility index (Phi) is 7.64. The second-order valence-electron chi connectivity index (χ2n) is 6.84. The standard InChI is InChI=1S/C20H23ClN4O4S/c1-2-29-18(27)13-4-3-9-25(11-13)17(26)10-16-12-30-20(23-16)24-19(28)22-15-7-5-14(21)6-8-15/h5-8,12-13H,2-4,9-11H2,1H3,(H2,22,23,24,28)/t13-/m1/s1. The number of piperidine rings is 1.